The molecule has 1 aromatic carbocycles. The number of halogens is 1. The Morgan fingerprint density at radius 2 is 2.00 bits per heavy atom. The van der Waals surface area contributed by atoms with Gasteiger partial charge in [0.25, 0.3) is 0 Å². The summed E-state index contributed by atoms with van der Waals surface area (Å²) in [6.07, 6.45) is 0.506. The predicted molar refractivity (Wildman–Crippen MR) is 100 cm³/mol. The van der Waals surface area contributed by atoms with Gasteiger partial charge in [0.1, 0.15) is 6.04 Å². The Morgan fingerprint density at radius 3 is 2.52 bits per heavy atom. The van der Waals surface area contributed by atoms with Gasteiger partial charge in [0.15, 0.2) is 11.5 Å². The number of hydrogen-bond donors (Lipinski definition) is 3. The van der Waals surface area contributed by atoms with Crippen LogP contribution in [-0.2, 0) is 21.2 Å². The van der Waals surface area contributed by atoms with Gasteiger partial charge in [-0.05, 0) is 52.9 Å². The van der Waals surface area contributed by atoms with Crippen LogP contribution in [0.1, 0.15) is 26.3 Å². The molecule has 0 radical (unpaired) electrons. The Labute approximate surface area is 157 Å². The molecular weight excluding hydrogens is 412 g/mol. The number of nitrogens with one attached hydrogen (secondary N) is 2. The molecule has 7 nitrogen and oxygen atoms in total. The van der Waals surface area contributed by atoms with Crippen molar-refractivity contribution in [2.45, 2.75) is 33.2 Å². The lowest BCUT2D eigenvalue weighted by Gasteiger charge is -2.21. The quantitative estimate of drug-likeness (QED) is 0.547. The number of phenols is 1. The van der Waals surface area contributed by atoms with Gasteiger partial charge in [-0.3, -0.25) is 4.79 Å². The van der Waals surface area contributed by atoms with Gasteiger partial charge in [0.05, 0.1) is 17.3 Å². The second-order valence-corrected chi connectivity index (χ2v) is 8.81. The summed E-state index contributed by atoms with van der Waals surface area (Å²) in [5.41, 5.74) is 0.858. The first-order valence-corrected chi connectivity index (χ1v) is 10.4. The third kappa shape index (κ3) is 6.48. The zero-order valence-electron chi connectivity index (χ0n) is 14.8. The summed E-state index contributed by atoms with van der Waals surface area (Å²) in [4.78, 5) is 12.3. The zero-order chi connectivity index (χ0) is 19.2. The second-order valence-electron chi connectivity index (χ2n) is 5.91. The molecule has 0 saturated heterocycles. The third-order valence-electron chi connectivity index (χ3n) is 3.66. The molecule has 0 heterocycles. The van der Waals surface area contributed by atoms with Crippen molar-refractivity contribution in [3.63, 3.8) is 0 Å². The summed E-state index contributed by atoms with van der Waals surface area (Å²) in [6, 6.07) is 2.61. The average molecular weight is 437 g/mol. The highest BCUT2D eigenvalue weighted by molar-refractivity contribution is 9.10. The third-order valence-corrected chi connectivity index (χ3v) is 5.63. The monoisotopic (exact) mass is 436 g/mol. The highest BCUT2D eigenvalue weighted by Gasteiger charge is 2.26. The van der Waals surface area contributed by atoms with E-state index in [4.69, 9.17) is 4.74 Å². The van der Waals surface area contributed by atoms with Crippen LogP contribution < -0.4 is 14.8 Å². The molecule has 0 unspecified atom stereocenters. The average Bonchev–Trinajstić information content (AvgIpc) is 2.55. The van der Waals surface area contributed by atoms with Crippen LogP contribution in [0.4, 0.5) is 0 Å². The van der Waals surface area contributed by atoms with Crippen LogP contribution in [0.5, 0.6) is 11.5 Å². The molecule has 9 heteroatoms. The molecular formula is C16H25BrN2O5S. The van der Waals surface area contributed by atoms with Gasteiger partial charge in [0.2, 0.25) is 15.9 Å². The molecule has 1 rings (SSSR count). The second kappa shape index (κ2) is 9.40. The van der Waals surface area contributed by atoms with Crippen molar-refractivity contribution in [2.24, 2.45) is 5.92 Å². The summed E-state index contributed by atoms with van der Waals surface area (Å²) in [5, 5.41) is 12.5. The first-order chi connectivity index (χ1) is 11.6. The van der Waals surface area contributed by atoms with Crippen molar-refractivity contribution < 1.29 is 23.1 Å². The first-order valence-electron chi connectivity index (χ1n) is 7.94. The van der Waals surface area contributed by atoms with E-state index in [1.165, 1.54) is 14.0 Å². The molecule has 1 aromatic rings. The predicted octanol–water partition coefficient (Wildman–Crippen LogP) is 1.79. The minimum absolute atomic E-state index is 0.0177. The number of sulfonamides is 1. The van der Waals surface area contributed by atoms with Crippen molar-refractivity contribution in [1.82, 2.24) is 10.0 Å². The summed E-state index contributed by atoms with van der Waals surface area (Å²) in [6.45, 7) is 5.42. The van der Waals surface area contributed by atoms with Crippen LogP contribution in [-0.4, -0.2) is 44.9 Å². The molecule has 3 N–H and O–H groups in total. The van der Waals surface area contributed by atoms with Gasteiger partial charge in [-0.1, -0.05) is 13.8 Å². The van der Waals surface area contributed by atoms with Crippen LogP contribution in [0.3, 0.4) is 0 Å². The minimum atomic E-state index is -3.47. The maximum absolute atomic E-state index is 12.3. The van der Waals surface area contributed by atoms with E-state index in [9.17, 15) is 18.3 Å². The summed E-state index contributed by atoms with van der Waals surface area (Å²) < 4.78 is 31.5. The van der Waals surface area contributed by atoms with E-state index in [2.05, 4.69) is 26.0 Å². The maximum atomic E-state index is 12.3. The van der Waals surface area contributed by atoms with E-state index in [1.807, 2.05) is 0 Å². The topological polar surface area (TPSA) is 105 Å². The number of benzene rings is 1. The van der Waals surface area contributed by atoms with Crippen molar-refractivity contribution in [2.75, 3.05) is 19.4 Å². The van der Waals surface area contributed by atoms with Gasteiger partial charge in [-0.25, -0.2) is 13.1 Å². The molecule has 1 amide bonds. The standard InChI is InChI=1S/C16H25BrN2O5S/c1-5-25(22,23)19-14(10(2)3)16(21)18-7-6-11-8-12(17)15(20)13(9-11)24-4/h8-10,14,19-20H,5-7H2,1-4H3,(H,18,21)/t14-/m0/s1. The van der Waals surface area contributed by atoms with Crippen molar-refractivity contribution in [3.8, 4) is 11.5 Å². The van der Waals surface area contributed by atoms with E-state index in [0.717, 1.165) is 5.56 Å². The van der Waals surface area contributed by atoms with Gasteiger partial charge in [-0.15, -0.1) is 0 Å². The van der Waals surface area contributed by atoms with Crippen molar-refractivity contribution in [1.29, 1.82) is 0 Å². The molecule has 0 aliphatic carbocycles. The molecule has 0 bridgehead atoms. The van der Waals surface area contributed by atoms with E-state index >= 15 is 0 Å². The number of rotatable bonds is 9. The van der Waals surface area contributed by atoms with Gasteiger partial charge in [0, 0.05) is 6.54 Å². The number of hydrogen-bond acceptors (Lipinski definition) is 5. The molecule has 0 aliphatic heterocycles. The molecule has 0 aliphatic rings. The normalized spacial score (nSPS) is 12.9. The first kappa shape index (κ1) is 21.7. The number of carbonyl (C=O) groups excluding carboxylic acids is 1. The number of methoxy groups -OCH3 is 1. The van der Waals surface area contributed by atoms with E-state index < -0.39 is 16.1 Å². The van der Waals surface area contributed by atoms with E-state index in [0.29, 0.717) is 23.2 Å². The van der Waals surface area contributed by atoms with Crippen LogP contribution in [0, 0.1) is 5.92 Å². The van der Waals surface area contributed by atoms with E-state index in [1.54, 1.807) is 26.0 Å². The molecule has 1 atom stereocenters. The number of ether oxygens (including phenoxy) is 1. The zero-order valence-corrected chi connectivity index (χ0v) is 17.2. The SMILES string of the molecule is CCS(=O)(=O)N[C@H](C(=O)NCCc1cc(Br)c(O)c(OC)c1)C(C)C. The molecule has 0 saturated carbocycles. The summed E-state index contributed by atoms with van der Waals surface area (Å²) >= 11 is 3.25. The van der Waals surface area contributed by atoms with Gasteiger partial charge < -0.3 is 15.2 Å². The fraction of sp³-hybridized carbons (Fsp3) is 0.562. The fourth-order valence-corrected chi connectivity index (χ4v) is 3.56. The van der Waals surface area contributed by atoms with Crippen molar-refractivity contribution in [3.05, 3.63) is 22.2 Å². The number of aromatic hydroxyl groups is 1. The summed E-state index contributed by atoms with van der Waals surface area (Å²) in [7, 11) is -2.01. The van der Waals surface area contributed by atoms with Crippen LogP contribution in [0.25, 0.3) is 0 Å². The van der Waals surface area contributed by atoms with E-state index in [-0.39, 0.29) is 23.3 Å². The molecule has 142 valence electrons. The van der Waals surface area contributed by atoms with Crippen molar-refractivity contribution >= 4 is 31.9 Å². The molecule has 0 spiro atoms. The fourth-order valence-electron chi connectivity index (χ4n) is 2.14. The molecule has 25 heavy (non-hydrogen) atoms. The van der Waals surface area contributed by atoms with Gasteiger partial charge in [-0.2, -0.15) is 0 Å². The Morgan fingerprint density at radius 1 is 1.36 bits per heavy atom. The summed E-state index contributed by atoms with van der Waals surface area (Å²) in [5.74, 6) is -0.262. The Balaban J connectivity index is 2.70. The van der Waals surface area contributed by atoms with Crippen LogP contribution in [0.15, 0.2) is 16.6 Å². The number of amides is 1. The lowest BCUT2D eigenvalue weighted by Crippen LogP contribution is -2.50. The van der Waals surface area contributed by atoms with Crippen LogP contribution >= 0.6 is 15.9 Å². The Bertz CT molecular complexity index is 707. The number of carbonyl (C=O) groups is 1. The minimum Gasteiger partial charge on any atom is -0.503 e. The largest absolute Gasteiger partial charge is 0.503 e. The molecule has 0 fully saturated rings. The lowest BCUT2D eigenvalue weighted by molar-refractivity contribution is -0.123. The van der Waals surface area contributed by atoms with Crippen LogP contribution in [0.2, 0.25) is 0 Å². The number of phenolic OH excluding ortho intramolecular Hbond substituents is 1. The van der Waals surface area contributed by atoms with Gasteiger partial charge >= 0.3 is 0 Å². The highest BCUT2D eigenvalue weighted by atomic mass is 79.9. The maximum Gasteiger partial charge on any atom is 0.238 e. The highest BCUT2D eigenvalue weighted by Crippen LogP contribution is 2.35. The Kier molecular flexibility index (Phi) is 8.17. The smallest absolute Gasteiger partial charge is 0.238 e. The Hall–Kier alpha value is -1.32. The lowest BCUT2D eigenvalue weighted by atomic mass is 10.0. The molecule has 0 aromatic heterocycles.